The molecule has 3 nitrogen and oxygen atoms in total. The Labute approximate surface area is 123 Å². The Bertz CT molecular complexity index is 425. The Morgan fingerprint density at radius 3 is 2.80 bits per heavy atom. The molecule has 0 spiro atoms. The summed E-state index contributed by atoms with van der Waals surface area (Å²) in [7, 11) is 2.16. The number of hydrogen-bond acceptors (Lipinski definition) is 3. The number of likely N-dealkylation sites (N-methyl/N-ethyl adjacent to an activating group) is 1. The Kier molecular flexibility index (Phi) is 5.44. The van der Waals surface area contributed by atoms with Gasteiger partial charge in [0.15, 0.2) is 0 Å². The molecule has 1 saturated heterocycles. The van der Waals surface area contributed by atoms with E-state index < -0.39 is 0 Å². The second-order valence-electron chi connectivity index (χ2n) is 6.16. The minimum absolute atomic E-state index is 0.405. The molecule has 1 atom stereocenters. The SMILES string of the molecule is Cc1cc(N(C)CC2CCCO2)ccc1CNC(C)C. The van der Waals surface area contributed by atoms with E-state index in [4.69, 9.17) is 4.74 Å². The van der Waals surface area contributed by atoms with Gasteiger partial charge >= 0.3 is 0 Å². The summed E-state index contributed by atoms with van der Waals surface area (Å²) in [6.07, 6.45) is 2.81. The number of rotatable bonds is 6. The lowest BCUT2D eigenvalue weighted by Gasteiger charge is -2.24. The van der Waals surface area contributed by atoms with E-state index in [9.17, 15) is 0 Å². The fraction of sp³-hybridized carbons (Fsp3) is 0.647. The molecule has 2 rings (SSSR count). The molecule has 3 heteroatoms. The van der Waals surface area contributed by atoms with Crippen molar-refractivity contribution >= 4 is 5.69 Å². The van der Waals surface area contributed by atoms with Crippen molar-refractivity contribution in [3.05, 3.63) is 29.3 Å². The first kappa shape index (κ1) is 15.3. The molecule has 0 bridgehead atoms. The maximum absolute atomic E-state index is 5.71. The zero-order chi connectivity index (χ0) is 14.5. The average Bonchev–Trinajstić information content (AvgIpc) is 2.89. The fourth-order valence-corrected chi connectivity index (χ4v) is 2.63. The zero-order valence-electron chi connectivity index (χ0n) is 13.3. The van der Waals surface area contributed by atoms with Gasteiger partial charge in [-0.1, -0.05) is 19.9 Å². The van der Waals surface area contributed by atoms with Crippen molar-refractivity contribution in [1.29, 1.82) is 0 Å². The molecule has 1 N–H and O–H groups in total. The summed E-state index contributed by atoms with van der Waals surface area (Å²) >= 11 is 0. The van der Waals surface area contributed by atoms with E-state index in [-0.39, 0.29) is 0 Å². The van der Waals surface area contributed by atoms with Gasteiger partial charge in [0.2, 0.25) is 0 Å². The van der Waals surface area contributed by atoms with E-state index in [2.05, 4.69) is 56.2 Å². The standard InChI is InChI=1S/C17H28N2O/c1-13(2)18-11-15-7-8-16(10-14(15)3)19(4)12-17-6-5-9-20-17/h7-8,10,13,17-18H,5-6,9,11-12H2,1-4H3. The van der Waals surface area contributed by atoms with Crippen LogP contribution in [0.1, 0.15) is 37.8 Å². The van der Waals surface area contributed by atoms with Crippen molar-refractivity contribution in [2.45, 2.75) is 52.3 Å². The van der Waals surface area contributed by atoms with Gasteiger partial charge in [0, 0.05) is 38.5 Å². The Morgan fingerprint density at radius 2 is 2.20 bits per heavy atom. The first-order chi connectivity index (χ1) is 9.56. The average molecular weight is 276 g/mol. The van der Waals surface area contributed by atoms with Crippen molar-refractivity contribution in [2.75, 3.05) is 25.1 Å². The summed E-state index contributed by atoms with van der Waals surface area (Å²) < 4.78 is 5.71. The quantitative estimate of drug-likeness (QED) is 0.864. The van der Waals surface area contributed by atoms with Crippen LogP contribution in [0, 0.1) is 6.92 Å². The normalized spacial score (nSPS) is 18.8. The minimum atomic E-state index is 0.405. The van der Waals surface area contributed by atoms with E-state index in [1.54, 1.807) is 0 Å². The van der Waals surface area contributed by atoms with Crippen molar-refractivity contribution < 1.29 is 4.74 Å². The second kappa shape index (κ2) is 7.09. The highest BCUT2D eigenvalue weighted by Crippen LogP contribution is 2.21. The zero-order valence-corrected chi connectivity index (χ0v) is 13.3. The molecule has 1 aromatic carbocycles. The topological polar surface area (TPSA) is 24.5 Å². The number of hydrogen-bond donors (Lipinski definition) is 1. The fourth-order valence-electron chi connectivity index (χ4n) is 2.63. The largest absolute Gasteiger partial charge is 0.376 e. The third-order valence-corrected chi connectivity index (χ3v) is 3.97. The Morgan fingerprint density at radius 1 is 1.40 bits per heavy atom. The Balaban J connectivity index is 1.96. The summed E-state index contributed by atoms with van der Waals surface area (Å²) in [4.78, 5) is 2.31. The number of ether oxygens (including phenoxy) is 1. The van der Waals surface area contributed by atoms with Gasteiger partial charge in [-0.15, -0.1) is 0 Å². The molecule has 0 radical (unpaired) electrons. The summed E-state index contributed by atoms with van der Waals surface area (Å²) in [6, 6.07) is 7.27. The van der Waals surface area contributed by atoms with Crippen molar-refractivity contribution in [2.24, 2.45) is 0 Å². The van der Waals surface area contributed by atoms with Crippen molar-refractivity contribution in [3.8, 4) is 0 Å². The highest BCUT2D eigenvalue weighted by Gasteiger charge is 2.17. The van der Waals surface area contributed by atoms with Gasteiger partial charge in [0.1, 0.15) is 0 Å². The first-order valence-corrected chi connectivity index (χ1v) is 7.72. The highest BCUT2D eigenvalue weighted by molar-refractivity contribution is 5.50. The molecule has 20 heavy (non-hydrogen) atoms. The maximum atomic E-state index is 5.71. The smallest absolute Gasteiger partial charge is 0.0750 e. The first-order valence-electron chi connectivity index (χ1n) is 7.72. The lowest BCUT2D eigenvalue weighted by molar-refractivity contribution is 0.116. The van der Waals surface area contributed by atoms with Crippen LogP contribution in [0.3, 0.4) is 0 Å². The van der Waals surface area contributed by atoms with E-state index in [1.807, 2.05) is 0 Å². The van der Waals surface area contributed by atoms with Gasteiger partial charge in [-0.05, 0) is 43.0 Å². The van der Waals surface area contributed by atoms with Gasteiger partial charge in [-0.25, -0.2) is 0 Å². The number of anilines is 1. The highest BCUT2D eigenvalue weighted by atomic mass is 16.5. The summed E-state index contributed by atoms with van der Waals surface area (Å²) in [5.41, 5.74) is 4.02. The van der Waals surface area contributed by atoms with Gasteiger partial charge in [0.25, 0.3) is 0 Å². The number of nitrogens with one attached hydrogen (secondary N) is 1. The van der Waals surface area contributed by atoms with Crippen LogP contribution in [0.15, 0.2) is 18.2 Å². The van der Waals surface area contributed by atoms with E-state index in [1.165, 1.54) is 29.7 Å². The van der Waals surface area contributed by atoms with Gasteiger partial charge in [-0.3, -0.25) is 0 Å². The van der Waals surface area contributed by atoms with Gasteiger partial charge in [-0.2, -0.15) is 0 Å². The predicted octanol–water partition coefficient (Wildman–Crippen LogP) is 3.11. The van der Waals surface area contributed by atoms with E-state index >= 15 is 0 Å². The van der Waals surface area contributed by atoms with Crippen LogP contribution in [0.25, 0.3) is 0 Å². The van der Waals surface area contributed by atoms with Crippen molar-refractivity contribution in [1.82, 2.24) is 5.32 Å². The molecule has 112 valence electrons. The molecule has 0 amide bonds. The maximum Gasteiger partial charge on any atom is 0.0750 e. The van der Waals surface area contributed by atoms with Crippen LogP contribution in [0.2, 0.25) is 0 Å². The molecular weight excluding hydrogens is 248 g/mol. The van der Waals surface area contributed by atoms with Crippen molar-refractivity contribution in [3.63, 3.8) is 0 Å². The Hall–Kier alpha value is -1.06. The summed E-state index contributed by atoms with van der Waals surface area (Å²) in [6.45, 7) is 9.42. The van der Waals surface area contributed by atoms with Crippen LogP contribution in [-0.4, -0.2) is 32.3 Å². The third kappa shape index (κ3) is 4.22. The molecule has 1 aliphatic rings. The molecule has 0 aromatic heterocycles. The third-order valence-electron chi connectivity index (χ3n) is 3.97. The van der Waals surface area contributed by atoms with Gasteiger partial charge in [0.05, 0.1) is 6.10 Å². The molecular formula is C17H28N2O. The van der Waals surface area contributed by atoms with Crippen LogP contribution >= 0.6 is 0 Å². The molecule has 1 aromatic rings. The molecule has 1 aliphatic heterocycles. The molecule has 0 saturated carbocycles. The molecule has 1 unspecified atom stereocenters. The van der Waals surface area contributed by atoms with Crippen LogP contribution in [0.5, 0.6) is 0 Å². The minimum Gasteiger partial charge on any atom is -0.376 e. The number of benzene rings is 1. The molecule has 1 fully saturated rings. The number of aryl methyl sites for hydroxylation is 1. The van der Waals surface area contributed by atoms with Crippen LogP contribution in [-0.2, 0) is 11.3 Å². The lowest BCUT2D eigenvalue weighted by atomic mass is 10.1. The second-order valence-corrected chi connectivity index (χ2v) is 6.16. The summed E-state index contributed by atoms with van der Waals surface area (Å²) in [5.74, 6) is 0. The lowest BCUT2D eigenvalue weighted by Crippen LogP contribution is -2.28. The van der Waals surface area contributed by atoms with Crippen LogP contribution in [0.4, 0.5) is 5.69 Å². The summed E-state index contributed by atoms with van der Waals surface area (Å²) in [5, 5.41) is 3.48. The molecule has 0 aliphatic carbocycles. The molecule has 1 heterocycles. The number of nitrogens with zero attached hydrogens (tertiary/aromatic N) is 1. The van der Waals surface area contributed by atoms with E-state index in [0.29, 0.717) is 12.1 Å². The predicted molar refractivity (Wildman–Crippen MR) is 85.4 cm³/mol. The van der Waals surface area contributed by atoms with Crippen LogP contribution < -0.4 is 10.2 Å². The van der Waals surface area contributed by atoms with E-state index in [0.717, 1.165) is 19.7 Å². The van der Waals surface area contributed by atoms with Gasteiger partial charge < -0.3 is 15.0 Å². The monoisotopic (exact) mass is 276 g/mol.